The summed E-state index contributed by atoms with van der Waals surface area (Å²) in [5.74, 6) is -0.655. The molecule has 196 valence electrons. The van der Waals surface area contributed by atoms with E-state index in [0.717, 1.165) is 18.7 Å². The van der Waals surface area contributed by atoms with Crippen LogP contribution in [0.2, 0.25) is 0 Å². The lowest BCUT2D eigenvalue weighted by Crippen LogP contribution is -2.50. The first-order valence-electron chi connectivity index (χ1n) is 12.0. The average Bonchev–Trinajstić information content (AvgIpc) is 3.40. The fourth-order valence-corrected chi connectivity index (χ4v) is 3.71. The van der Waals surface area contributed by atoms with Gasteiger partial charge in [-0.1, -0.05) is 12.1 Å². The topological polar surface area (TPSA) is 105 Å². The lowest BCUT2D eigenvalue weighted by Gasteiger charge is -2.31. The third-order valence-electron chi connectivity index (χ3n) is 5.66. The lowest BCUT2D eigenvalue weighted by molar-refractivity contribution is -0.141. The van der Waals surface area contributed by atoms with Gasteiger partial charge in [0.15, 0.2) is 0 Å². The van der Waals surface area contributed by atoms with E-state index in [9.17, 15) is 18.8 Å². The molecule has 1 fully saturated rings. The molecule has 11 heteroatoms. The first-order chi connectivity index (χ1) is 17.4. The standard InChI is InChI=1S/C25H33FN4O6/c1-2-35-24(32)16-27-25(33)29(10-9-28-11-14-34-15-12-28)19-23(31)30(18-22-4-3-13-36-22)17-20-5-7-21(26)8-6-20/h3-8,13H,2,9-12,14-19H2,1H3,(H,27,33). The third kappa shape index (κ3) is 8.97. The average molecular weight is 505 g/mol. The maximum Gasteiger partial charge on any atom is 0.325 e. The van der Waals surface area contributed by atoms with Gasteiger partial charge in [-0.25, -0.2) is 9.18 Å². The van der Waals surface area contributed by atoms with Crippen LogP contribution in [0.4, 0.5) is 9.18 Å². The van der Waals surface area contributed by atoms with Crippen molar-refractivity contribution >= 4 is 17.9 Å². The van der Waals surface area contributed by atoms with E-state index in [0.29, 0.717) is 25.5 Å². The summed E-state index contributed by atoms with van der Waals surface area (Å²) in [5, 5.41) is 2.54. The van der Waals surface area contributed by atoms with Gasteiger partial charge in [0.25, 0.3) is 0 Å². The molecule has 36 heavy (non-hydrogen) atoms. The fraction of sp³-hybridized carbons (Fsp3) is 0.480. The molecule has 3 rings (SSSR count). The van der Waals surface area contributed by atoms with Crippen molar-refractivity contribution in [1.82, 2.24) is 20.0 Å². The molecule has 1 saturated heterocycles. The van der Waals surface area contributed by atoms with Crippen molar-refractivity contribution in [2.75, 3.05) is 59.1 Å². The highest BCUT2D eigenvalue weighted by Crippen LogP contribution is 2.13. The maximum absolute atomic E-state index is 13.4. The van der Waals surface area contributed by atoms with Crippen molar-refractivity contribution in [2.24, 2.45) is 0 Å². The van der Waals surface area contributed by atoms with E-state index in [2.05, 4.69) is 10.2 Å². The van der Waals surface area contributed by atoms with Gasteiger partial charge in [0, 0.05) is 32.7 Å². The number of hydrogen-bond donors (Lipinski definition) is 1. The predicted octanol–water partition coefficient (Wildman–Crippen LogP) is 1.85. The van der Waals surface area contributed by atoms with Crippen LogP contribution >= 0.6 is 0 Å². The van der Waals surface area contributed by atoms with Crippen LogP contribution in [0, 0.1) is 5.82 Å². The number of urea groups is 1. The molecule has 1 aliphatic heterocycles. The van der Waals surface area contributed by atoms with Crippen molar-refractivity contribution < 1.29 is 32.7 Å². The van der Waals surface area contributed by atoms with Gasteiger partial charge in [-0.3, -0.25) is 14.5 Å². The number of halogens is 1. The van der Waals surface area contributed by atoms with Crippen LogP contribution in [0.25, 0.3) is 0 Å². The number of rotatable bonds is 12. The number of carbonyl (C=O) groups excluding carboxylic acids is 3. The normalized spacial score (nSPS) is 13.7. The summed E-state index contributed by atoms with van der Waals surface area (Å²) in [6, 6.07) is 8.84. The van der Waals surface area contributed by atoms with E-state index in [1.165, 1.54) is 23.3 Å². The zero-order valence-electron chi connectivity index (χ0n) is 20.5. The van der Waals surface area contributed by atoms with Crippen LogP contribution in [0.3, 0.4) is 0 Å². The quantitative estimate of drug-likeness (QED) is 0.440. The number of esters is 1. The summed E-state index contributed by atoms with van der Waals surface area (Å²) >= 11 is 0. The molecule has 0 atom stereocenters. The molecule has 1 aromatic carbocycles. The van der Waals surface area contributed by atoms with Gasteiger partial charge in [-0.15, -0.1) is 0 Å². The lowest BCUT2D eigenvalue weighted by atomic mass is 10.2. The molecule has 0 unspecified atom stereocenters. The molecule has 0 radical (unpaired) electrons. The largest absolute Gasteiger partial charge is 0.467 e. The maximum atomic E-state index is 13.4. The highest BCUT2D eigenvalue weighted by Gasteiger charge is 2.24. The molecule has 10 nitrogen and oxygen atoms in total. The Kier molecular flexibility index (Phi) is 10.7. The van der Waals surface area contributed by atoms with Crippen LogP contribution < -0.4 is 5.32 Å². The highest BCUT2D eigenvalue weighted by molar-refractivity contribution is 5.86. The van der Waals surface area contributed by atoms with Crippen LogP contribution in [0.5, 0.6) is 0 Å². The van der Waals surface area contributed by atoms with Gasteiger partial charge in [0.1, 0.15) is 24.7 Å². The second-order valence-corrected chi connectivity index (χ2v) is 8.29. The summed E-state index contributed by atoms with van der Waals surface area (Å²) in [6.07, 6.45) is 1.52. The second kappa shape index (κ2) is 14.2. The molecular formula is C25H33FN4O6. The number of furan rings is 1. The molecule has 0 saturated carbocycles. The molecule has 1 aliphatic rings. The van der Waals surface area contributed by atoms with Crippen LogP contribution in [-0.4, -0.2) is 91.7 Å². The Balaban J connectivity index is 1.69. The molecule has 1 aromatic heterocycles. The van der Waals surface area contributed by atoms with E-state index in [1.807, 2.05) is 0 Å². The third-order valence-corrected chi connectivity index (χ3v) is 5.66. The minimum absolute atomic E-state index is 0.185. The Morgan fingerprint density at radius 1 is 1.08 bits per heavy atom. The van der Waals surface area contributed by atoms with E-state index in [1.54, 1.807) is 36.1 Å². The van der Waals surface area contributed by atoms with E-state index in [-0.39, 0.29) is 51.1 Å². The Bertz CT molecular complexity index is 963. The van der Waals surface area contributed by atoms with Crippen molar-refractivity contribution in [2.45, 2.75) is 20.0 Å². The Morgan fingerprint density at radius 2 is 1.83 bits per heavy atom. The number of hydrogen-bond acceptors (Lipinski definition) is 7. The van der Waals surface area contributed by atoms with Gasteiger partial charge in [0.2, 0.25) is 5.91 Å². The first kappa shape index (κ1) is 27.2. The molecule has 3 amide bonds. The number of nitrogens with zero attached hydrogens (tertiary/aromatic N) is 3. The Hall–Kier alpha value is -3.44. The number of nitrogens with one attached hydrogen (secondary N) is 1. The zero-order chi connectivity index (χ0) is 25.8. The van der Waals surface area contributed by atoms with Gasteiger partial charge in [-0.2, -0.15) is 0 Å². The highest BCUT2D eigenvalue weighted by atomic mass is 19.1. The summed E-state index contributed by atoms with van der Waals surface area (Å²) in [7, 11) is 0. The minimum atomic E-state index is -0.555. The number of carbonyl (C=O) groups is 3. The van der Waals surface area contributed by atoms with E-state index in [4.69, 9.17) is 13.9 Å². The molecule has 0 spiro atoms. The molecule has 0 aliphatic carbocycles. The van der Waals surface area contributed by atoms with E-state index < -0.39 is 12.0 Å². The fourth-order valence-electron chi connectivity index (χ4n) is 3.71. The number of amides is 3. The molecule has 1 N–H and O–H groups in total. The predicted molar refractivity (Wildman–Crippen MR) is 128 cm³/mol. The molecule has 2 aromatic rings. The van der Waals surface area contributed by atoms with Gasteiger partial charge in [0.05, 0.1) is 32.6 Å². The van der Waals surface area contributed by atoms with Gasteiger partial charge >= 0.3 is 12.0 Å². The Labute approximate surface area is 209 Å². The summed E-state index contributed by atoms with van der Waals surface area (Å²) in [6.45, 7) is 5.33. The van der Waals surface area contributed by atoms with Crippen LogP contribution in [0.15, 0.2) is 47.1 Å². The first-order valence-corrected chi connectivity index (χ1v) is 12.0. The summed E-state index contributed by atoms with van der Waals surface area (Å²) < 4.78 is 29.0. The minimum Gasteiger partial charge on any atom is -0.467 e. The Morgan fingerprint density at radius 3 is 2.50 bits per heavy atom. The van der Waals surface area contributed by atoms with Crippen molar-refractivity contribution in [1.29, 1.82) is 0 Å². The molecule has 2 heterocycles. The number of ether oxygens (including phenoxy) is 2. The van der Waals surface area contributed by atoms with Crippen LogP contribution in [-0.2, 0) is 32.2 Å². The summed E-state index contributed by atoms with van der Waals surface area (Å²) in [5.41, 5.74) is 0.739. The zero-order valence-corrected chi connectivity index (χ0v) is 20.5. The van der Waals surface area contributed by atoms with Crippen molar-refractivity contribution in [3.8, 4) is 0 Å². The van der Waals surface area contributed by atoms with Gasteiger partial charge < -0.3 is 29.0 Å². The van der Waals surface area contributed by atoms with Gasteiger partial charge in [-0.05, 0) is 36.8 Å². The SMILES string of the molecule is CCOC(=O)CNC(=O)N(CCN1CCOCC1)CC(=O)N(Cc1ccc(F)cc1)Cc1ccco1. The molecule has 0 bridgehead atoms. The molecular weight excluding hydrogens is 471 g/mol. The van der Waals surface area contributed by atoms with E-state index >= 15 is 0 Å². The smallest absolute Gasteiger partial charge is 0.325 e. The monoisotopic (exact) mass is 504 g/mol. The van der Waals surface area contributed by atoms with Crippen LogP contribution in [0.1, 0.15) is 18.2 Å². The number of benzene rings is 1. The van der Waals surface area contributed by atoms with Crippen molar-refractivity contribution in [3.63, 3.8) is 0 Å². The second-order valence-electron chi connectivity index (χ2n) is 8.29. The van der Waals surface area contributed by atoms with Crippen molar-refractivity contribution in [3.05, 3.63) is 59.8 Å². The summed E-state index contributed by atoms with van der Waals surface area (Å²) in [4.78, 5) is 43.1. The number of morpholine rings is 1.